The van der Waals surface area contributed by atoms with Gasteiger partial charge in [-0.15, -0.1) is 0 Å². The van der Waals surface area contributed by atoms with E-state index in [9.17, 15) is 4.39 Å². The van der Waals surface area contributed by atoms with Crippen molar-refractivity contribution in [1.82, 2.24) is 5.32 Å². The molecule has 1 aliphatic rings. The first-order valence-corrected chi connectivity index (χ1v) is 7.30. The van der Waals surface area contributed by atoms with Crippen LogP contribution in [0.2, 0.25) is 0 Å². The zero-order chi connectivity index (χ0) is 13.5. The van der Waals surface area contributed by atoms with Gasteiger partial charge in [-0.1, -0.05) is 19.1 Å². The highest BCUT2D eigenvalue weighted by molar-refractivity contribution is 5.16. The number of ether oxygens (including phenoxy) is 1. The summed E-state index contributed by atoms with van der Waals surface area (Å²) in [4.78, 5) is 0. The maximum Gasteiger partial charge on any atom is 0.123 e. The molecule has 0 bridgehead atoms. The Balaban J connectivity index is 1.80. The minimum atomic E-state index is -0.154. The molecule has 0 heterocycles. The summed E-state index contributed by atoms with van der Waals surface area (Å²) in [5, 5.41) is 3.36. The predicted molar refractivity (Wildman–Crippen MR) is 75.7 cm³/mol. The Labute approximate surface area is 115 Å². The first-order chi connectivity index (χ1) is 9.28. The summed E-state index contributed by atoms with van der Waals surface area (Å²) < 4.78 is 19.0. The van der Waals surface area contributed by atoms with Gasteiger partial charge in [-0.25, -0.2) is 4.39 Å². The molecule has 1 aromatic carbocycles. The largest absolute Gasteiger partial charge is 0.381 e. The van der Waals surface area contributed by atoms with Crippen molar-refractivity contribution >= 4 is 0 Å². The summed E-state index contributed by atoms with van der Waals surface area (Å²) in [6, 6.07) is 6.88. The Bertz CT molecular complexity index is 379. The maximum atomic E-state index is 13.2. The second-order valence-electron chi connectivity index (χ2n) is 5.49. The van der Waals surface area contributed by atoms with Gasteiger partial charge in [0.1, 0.15) is 5.82 Å². The van der Waals surface area contributed by atoms with Crippen LogP contribution in [0, 0.1) is 17.7 Å². The van der Waals surface area contributed by atoms with Crippen LogP contribution in [0.5, 0.6) is 0 Å². The molecular weight excluding hydrogens is 241 g/mol. The zero-order valence-corrected chi connectivity index (χ0v) is 11.7. The third-order valence-corrected chi connectivity index (χ3v) is 3.50. The quantitative estimate of drug-likeness (QED) is 0.741. The number of benzene rings is 1. The summed E-state index contributed by atoms with van der Waals surface area (Å²) >= 11 is 0. The van der Waals surface area contributed by atoms with E-state index in [0.717, 1.165) is 44.2 Å². The Morgan fingerprint density at radius 3 is 2.95 bits per heavy atom. The Morgan fingerprint density at radius 2 is 2.26 bits per heavy atom. The summed E-state index contributed by atoms with van der Waals surface area (Å²) in [6.45, 7) is 5.65. The minimum absolute atomic E-state index is 0.154. The average Bonchev–Trinajstić information content (AvgIpc) is 3.20. The molecule has 0 amide bonds. The molecular formula is C16H24FNO. The van der Waals surface area contributed by atoms with E-state index < -0.39 is 0 Å². The van der Waals surface area contributed by atoms with E-state index in [1.165, 1.54) is 18.9 Å². The van der Waals surface area contributed by atoms with E-state index in [2.05, 4.69) is 12.2 Å². The second kappa shape index (κ2) is 7.61. The molecule has 0 spiro atoms. The highest BCUT2D eigenvalue weighted by atomic mass is 19.1. The third kappa shape index (κ3) is 5.70. The van der Waals surface area contributed by atoms with Gasteiger partial charge in [0, 0.05) is 13.2 Å². The van der Waals surface area contributed by atoms with E-state index in [-0.39, 0.29) is 5.82 Å². The first-order valence-electron chi connectivity index (χ1n) is 7.30. The fourth-order valence-corrected chi connectivity index (χ4v) is 2.22. The number of nitrogens with one attached hydrogen (secondary N) is 1. The molecule has 0 aromatic heterocycles. The van der Waals surface area contributed by atoms with E-state index >= 15 is 0 Å². The molecule has 3 heteroatoms. The maximum absolute atomic E-state index is 13.2. The van der Waals surface area contributed by atoms with Crippen LogP contribution in [0.15, 0.2) is 24.3 Å². The molecule has 1 aliphatic carbocycles. The number of hydrogen-bond donors (Lipinski definition) is 1. The van der Waals surface area contributed by atoms with Gasteiger partial charge in [0.25, 0.3) is 0 Å². The first kappa shape index (κ1) is 14.5. The Hall–Kier alpha value is -0.930. The fraction of sp³-hybridized carbons (Fsp3) is 0.625. The Morgan fingerprint density at radius 1 is 1.42 bits per heavy atom. The Kier molecular flexibility index (Phi) is 5.80. The van der Waals surface area contributed by atoms with Crippen molar-refractivity contribution in [1.29, 1.82) is 0 Å². The number of halogens is 1. The van der Waals surface area contributed by atoms with Crippen LogP contribution in [0.4, 0.5) is 4.39 Å². The summed E-state index contributed by atoms with van der Waals surface area (Å²) in [5.74, 6) is 1.06. The molecule has 2 nitrogen and oxygen atoms in total. The van der Waals surface area contributed by atoms with E-state index in [0.29, 0.717) is 5.92 Å². The van der Waals surface area contributed by atoms with E-state index in [1.54, 1.807) is 12.1 Å². The SMILES string of the molecule is CCNCC(COCC1CC1)Cc1cccc(F)c1. The molecule has 0 saturated heterocycles. The van der Waals surface area contributed by atoms with Crippen molar-refractivity contribution in [2.45, 2.75) is 26.2 Å². The molecule has 0 radical (unpaired) electrons. The molecule has 1 unspecified atom stereocenters. The lowest BCUT2D eigenvalue weighted by Crippen LogP contribution is -2.27. The van der Waals surface area contributed by atoms with Crippen molar-refractivity contribution in [3.05, 3.63) is 35.6 Å². The lowest BCUT2D eigenvalue weighted by molar-refractivity contribution is 0.0908. The minimum Gasteiger partial charge on any atom is -0.381 e. The molecule has 1 N–H and O–H groups in total. The smallest absolute Gasteiger partial charge is 0.123 e. The van der Waals surface area contributed by atoms with Gasteiger partial charge in [-0.05, 0) is 55.3 Å². The van der Waals surface area contributed by atoms with Gasteiger partial charge in [0.05, 0.1) is 6.61 Å². The molecule has 1 fully saturated rings. The molecule has 1 saturated carbocycles. The van der Waals surface area contributed by atoms with Crippen LogP contribution in [0.25, 0.3) is 0 Å². The third-order valence-electron chi connectivity index (χ3n) is 3.50. The van der Waals surface area contributed by atoms with Gasteiger partial charge in [0.15, 0.2) is 0 Å². The second-order valence-corrected chi connectivity index (χ2v) is 5.49. The summed E-state index contributed by atoms with van der Waals surface area (Å²) in [6.07, 6.45) is 3.51. The van der Waals surface area contributed by atoms with Crippen molar-refractivity contribution in [2.75, 3.05) is 26.3 Å². The monoisotopic (exact) mass is 265 g/mol. The zero-order valence-electron chi connectivity index (χ0n) is 11.7. The fourth-order valence-electron chi connectivity index (χ4n) is 2.22. The van der Waals surface area contributed by atoms with Gasteiger partial charge in [-0.2, -0.15) is 0 Å². The van der Waals surface area contributed by atoms with Crippen LogP contribution in [0.3, 0.4) is 0 Å². The van der Waals surface area contributed by atoms with E-state index in [1.807, 2.05) is 6.07 Å². The van der Waals surface area contributed by atoms with Crippen molar-refractivity contribution in [3.63, 3.8) is 0 Å². The van der Waals surface area contributed by atoms with Gasteiger partial charge in [0.2, 0.25) is 0 Å². The standard InChI is InChI=1S/C16H24FNO/c1-2-18-10-15(12-19-11-13-6-7-13)8-14-4-3-5-16(17)9-14/h3-5,9,13,15,18H,2,6-8,10-12H2,1H3. The van der Waals surface area contributed by atoms with Crippen LogP contribution in [-0.2, 0) is 11.2 Å². The van der Waals surface area contributed by atoms with Crippen molar-refractivity contribution in [3.8, 4) is 0 Å². The normalized spacial score (nSPS) is 16.5. The van der Waals surface area contributed by atoms with Gasteiger partial charge in [-0.3, -0.25) is 0 Å². The highest BCUT2D eigenvalue weighted by Crippen LogP contribution is 2.29. The molecule has 106 valence electrons. The molecule has 19 heavy (non-hydrogen) atoms. The topological polar surface area (TPSA) is 21.3 Å². The average molecular weight is 265 g/mol. The predicted octanol–water partition coefficient (Wildman–Crippen LogP) is 3.02. The molecule has 1 atom stereocenters. The lowest BCUT2D eigenvalue weighted by Gasteiger charge is -2.17. The summed E-state index contributed by atoms with van der Waals surface area (Å²) in [7, 11) is 0. The number of rotatable bonds is 9. The van der Waals surface area contributed by atoms with Crippen LogP contribution in [0.1, 0.15) is 25.3 Å². The number of hydrogen-bond acceptors (Lipinski definition) is 2. The van der Waals surface area contributed by atoms with Crippen LogP contribution < -0.4 is 5.32 Å². The molecule has 2 rings (SSSR count). The van der Waals surface area contributed by atoms with E-state index in [4.69, 9.17) is 4.74 Å². The summed E-state index contributed by atoms with van der Waals surface area (Å²) in [5.41, 5.74) is 1.05. The lowest BCUT2D eigenvalue weighted by atomic mass is 10.00. The van der Waals surface area contributed by atoms with Crippen molar-refractivity contribution < 1.29 is 9.13 Å². The van der Waals surface area contributed by atoms with Crippen molar-refractivity contribution in [2.24, 2.45) is 11.8 Å². The highest BCUT2D eigenvalue weighted by Gasteiger charge is 2.21. The van der Waals surface area contributed by atoms with Crippen LogP contribution in [-0.4, -0.2) is 26.3 Å². The van der Waals surface area contributed by atoms with Gasteiger partial charge >= 0.3 is 0 Å². The molecule has 0 aliphatic heterocycles. The van der Waals surface area contributed by atoms with Gasteiger partial charge < -0.3 is 10.1 Å². The molecule has 1 aromatic rings. The van der Waals surface area contributed by atoms with Crippen LogP contribution >= 0.6 is 0 Å².